The maximum Gasteiger partial charge on any atom is 0.262 e. The van der Waals surface area contributed by atoms with Crippen LogP contribution in [-0.4, -0.2) is 84.0 Å². The molecule has 1 saturated heterocycles. The summed E-state index contributed by atoms with van der Waals surface area (Å²) in [4.78, 5) is 42.0. The largest absolute Gasteiger partial charge is 0.493 e. The number of carbonyl (C=O) groups excluding carboxylic acids is 2. The highest BCUT2D eigenvalue weighted by Crippen LogP contribution is 2.34. The van der Waals surface area contributed by atoms with Crippen molar-refractivity contribution in [2.45, 2.75) is 47.6 Å². The number of nitrogens with zero attached hydrogens (tertiary/aromatic N) is 5. The Kier molecular flexibility index (Phi) is 12.3. The highest BCUT2D eigenvalue weighted by Gasteiger charge is 2.22. The van der Waals surface area contributed by atoms with Crippen molar-refractivity contribution in [1.29, 1.82) is 0 Å². The van der Waals surface area contributed by atoms with E-state index in [-0.39, 0.29) is 23.3 Å². The molecule has 1 aliphatic rings. The van der Waals surface area contributed by atoms with E-state index in [0.29, 0.717) is 36.3 Å². The van der Waals surface area contributed by atoms with E-state index in [2.05, 4.69) is 56.4 Å². The van der Waals surface area contributed by atoms with E-state index in [9.17, 15) is 9.59 Å². The predicted molar refractivity (Wildman–Crippen MR) is 205 cm³/mol. The number of hydrogen-bond acceptors (Lipinski definition) is 9. The van der Waals surface area contributed by atoms with Crippen molar-refractivity contribution in [2.75, 3.05) is 61.9 Å². The van der Waals surface area contributed by atoms with Gasteiger partial charge in [0.15, 0.2) is 11.5 Å². The van der Waals surface area contributed by atoms with E-state index >= 15 is 0 Å². The van der Waals surface area contributed by atoms with Gasteiger partial charge in [-0.1, -0.05) is 24.3 Å². The summed E-state index contributed by atoms with van der Waals surface area (Å²) in [7, 11) is 1.53. The smallest absolute Gasteiger partial charge is 0.262 e. The number of carbonyl (C=O) groups is 2. The quantitative estimate of drug-likeness (QED) is 0.140. The summed E-state index contributed by atoms with van der Waals surface area (Å²) in [5.74, 6) is 0.585. The maximum absolute atomic E-state index is 13.7. The number of nitrogens with one attached hydrogen (secondary N) is 2. The van der Waals surface area contributed by atoms with Crippen LogP contribution in [0.25, 0.3) is 6.08 Å². The molecule has 1 aliphatic heterocycles. The third-order valence-electron chi connectivity index (χ3n) is 9.14. The number of likely N-dealkylation sites (N-methyl/N-ethyl adjacent to an activating group) is 1. The summed E-state index contributed by atoms with van der Waals surface area (Å²) in [5, 5.41) is 6.28. The van der Waals surface area contributed by atoms with Gasteiger partial charge in [0.05, 0.1) is 7.11 Å². The van der Waals surface area contributed by atoms with Crippen molar-refractivity contribution in [3.05, 3.63) is 95.2 Å². The molecule has 3 aromatic carbocycles. The van der Waals surface area contributed by atoms with Crippen LogP contribution in [0.3, 0.4) is 0 Å². The molecule has 0 saturated carbocycles. The van der Waals surface area contributed by atoms with E-state index in [0.717, 1.165) is 54.2 Å². The first-order chi connectivity index (χ1) is 24.6. The minimum Gasteiger partial charge on any atom is -0.493 e. The zero-order valence-corrected chi connectivity index (χ0v) is 30.7. The molecular formula is C40H49N7O4. The van der Waals surface area contributed by atoms with Crippen molar-refractivity contribution >= 4 is 40.9 Å². The van der Waals surface area contributed by atoms with Crippen molar-refractivity contribution in [3.8, 4) is 17.4 Å². The van der Waals surface area contributed by atoms with Gasteiger partial charge in [-0.2, -0.15) is 4.98 Å². The van der Waals surface area contributed by atoms with Crippen LogP contribution in [0.1, 0.15) is 54.7 Å². The molecule has 0 radical (unpaired) electrons. The topological polar surface area (TPSA) is 112 Å². The van der Waals surface area contributed by atoms with Crippen LogP contribution in [-0.2, 0) is 4.79 Å². The fraction of sp³-hybridized carbons (Fsp3) is 0.350. The minimum absolute atomic E-state index is 0.0502. The normalized spacial score (nSPS) is 13.4. The fourth-order valence-electron chi connectivity index (χ4n) is 6.02. The molecule has 2 N–H and O–H groups in total. The highest BCUT2D eigenvalue weighted by molar-refractivity contribution is 6.06. The second kappa shape index (κ2) is 17.0. The van der Waals surface area contributed by atoms with Crippen LogP contribution in [0.4, 0.5) is 23.0 Å². The Balaban J connectivity index is 1.40. The number of amides is 2. The molecule has 11 heteroatoms. The molecule has 0 aliphatic carbocycles. The van der Waals surface area contributed by atoms with Crippen LogP contribution in [0, 0.1) is 13.8 Å². The van der Waals surface area contributed by atoms with Crippen molar-refractivity contribution in [2.24, 2.45) is 0 Å². The van der Waals surface area contributed by atoms with Crippen LogP contribution < -0.4 is 25.0 Å². The molecule has 0 spiro atoms. The van der Waals surface area contributed by atoms with E-state index in [1.807, 2.05) is 64.1 Å². The Morgan fingerprint density at radius 3 is 2.25 bits per heavy atom. The number of para-hydroxylation sites is 1. The van der Waals surface area contributed by atoms with E-state index < -0.39 is 5.91 Å². The maximum atomic E-state index is 13.7. The Morgan fingerprint density at radius 1 is 0.941 bits per heavy atom. The van der Waals surface area contributed by atoms with Crippen molar-refractivity contribution in [1.82, 2.24) is 19.8 Å². The zero-order chi connectivity index (χ0) is 36.5. The summed E-state index contributed by atoms with van der Waals surface area (Å²) in [6.45, 7) is 17.6. The van der Waals surface area contributed by atoms with E-state index in [1.54, 1.807) is 29.2 Å². The summed E-state index contributed by atoms with van der Waals surface area (Å²) in [6, 6.07) is 19.9. The standard InChI is InChI=1S/C40H49N7O4/c1-8-45(9-2)36(48)20-14-30-13-19-34(35(25-30)50-7)51-39-33(38(49)43-37-28(5)11-10-12-29(37)6)26-41-40(44-39)42-31-15-17-32(18-16-31)47-23-21-46(22-24-47)27(3)4/h10-20,25-27H,8-9,21-24H2,1-7H3,(H,43,49)(H,41,42,44)/b20-14+. The lowest BCUT2D eigenvalue weighted by atomic mass is 10.1. The Bertz CT molecular complexity index is 1830. The lowest BCUT2D eigenvalue weighted by molar-refractivity contribution is -0.125. The van der Waals surface area contributed by atoms with Gasteiger partial charge in [0.2, 0.25) is 17.7 Å². The number of piperazine rings is 1. The van der Waals surface area contributed by atoms with Gasteiger partial charge in [0.1, 0.15) is 5.56 Å². The Morgan fingerprint density at radius 2 is 1.63 bits per heavy atom. The minimum atomic E-state index is -0.413. The van der Waals surface area contributed by atoms with Gasteiger partial charge in [-0.25, -0.2) is 4.98 Å². The van der Waals surface area contributed by atoms with Gasteiger partial charge in [0.25, 0.3) is 5.91 Å². The van der Waals surface area contributed by atoms with Crippen LogP contribution in [0.2, 0.25) is 0 Å². The second-order valence-corrected chi connectivity index (χ2v) is 12.8. The molecule has 4 aromatic rings. The molecule has 2 heterocycles. The summed E-state index contributed by atoms with van der Waals surface area (Å²) in [5.41, 5.74) is 5.44. The number of methoxy groups -OCH3 is 1. The first-order valence-electron chi connectivity index (χ1n) is 17.5. The number of aryl methyl sites for hydroxylation is 2. The zero-order valence-electron chi connectivity index (χ0n) is 30.7. The summed E-state index contributed by atoms with van der Waals surface area (Å²) in [6.07, 6.45) is 4.73. The van der Waals surface area contributed by atoms with E-state index in [1.165, 1.54) is 13.3 Å². The Labute approximate surface area is 301 Å². The molecule has 51 heavy (non-hydrogen) atoms. The van der Waals surface area contributed by atoms with Gasteiger partial charge >= 0.3 is 0 Å². The Hall–Kier alpha value is -5.42. The molecule has 0 unspecified atom stereocenters. The van der Waals surface area contributed by atoms with Gasteiger partial charge in [0, 0.05) is 74.6 Å². The average molecular weight is 692 g/mol. The molecule has 0 atom stereocenters. The first-order valence-corrected chi connectivity index (χ1v) is 17.5. The third kappa shape index (κ3) is 9.23. The van der Waals surface area contributed by atoms with Crippen molar-refractivity contribution < 1.29 is 19.1 Å². The molecule has 11 nitrogen and oxygen atoms in total. The monoisotopic (exact) mass is 691 g/mol. The third-order valence-corrected chi connectivity index (χ3v) is 9.14. The molecular weight excluding hydrogens is 642 g/mol. The summed E-state index contributed by atoms with van der Waals surface area (Å²) < 4.78 is 12.0. The molecule has 268 valence electrons. The van der Waals surface area contributed by atoms with Gasteiger partial charge < -0.3 is 29.9 Å². The average Bonchev–Trinajstić information content (AvgIpc) is 3.13. The van der Waals surface area contributed by atoms with Crippen molar-refractivity contribution in [3.63, 3.8) is 0 Å². The second-order valence-electron chi connectivity index (χ2n) is 12.8. The van der Waals surface area contributed by atoms with Gasteiger partial charge in [-0.05, 0) is 101 Å². The van der Waals surface area contributed by atoms with E-state index in [4.69, 9.17) is 9.47 Å². The predicted octanol–water partition coefficient (Wildman–Crippen LogP) is 7.30. The lowest BCUT2D eigenvalue weighted by Gasteiger charge is -2.38. The number of benzene rings is 3. The molecule has 2 amide bonds. The van der Waals surface area contributed by atoms with Gasteiger partial charge in [-0.3, -0.25) is 14.5 Å². The number of anilines is 4. The molecule has 5 rings (SSSR count). The number of rotatable bonds is 13. The van der Waals surface area contributed by atoms with Crippen LogP contribution >= 0.6 is 0 Å². The van der Waals surface area contributed by atoms with Gasteiger partial charge in [-0.15, -0.1) is 0 Å². The number of aromatic nitrogens is 2. The van der Waals surface area contributed by atoms with Crippen LogP contribution in [0.5, 0.6) is 17.4 Å². The molecule has 1 fully saturated rings. The lowest BCUT2D eigenvalue weighted by Crippen LogP contribution is -2.48. The number of ether oxygens (including phenoxy) is 2. The SMILES string of the molecule is CCN(CC)C(=O)/C=C/c1ccc(Oc2nc(Nc3ccc(N4CCN(C(C)C)CC4)cc3)ncc2C(=O)Nc2c(C)cccc2C)c(OC)c1. The first kappa shape index (κ1) is 36.9. The molecule has 1 aromatic heterocycles. The van der Waals surface area contributed by atoms with Crippen LogP contribution in [0.15, 0.2) is 72.9 Å². The highest BCUT2D eigenvalue weighted by atomic mass is 16.5. The molecule has 0 bridgehead atoms. The summed E-state index contributed by atoms with van der Waals surface area (Å²) >= 11 is 0. The fourth-order valence-corrected chi connectivity index (χ4v) is 6.02. The number of hydrogen-bond donors (Lipinski definition) is 2.